The minimum Gasteiger partial charge on any atom is -0.396 e. The number of sulfonamides is 1. The first-order valence-electron chi connectivity index (χ1n) is 5.68. The number of nitrogen functional groups attached to an aromatic ring is 1. The van der Waals surface area contributed by atoms with Gasteiger partial charge in [0, 0.05) is 6.54 Å². The molecule has 0 spiro atoms. The number of hydrogen-bond acceptors (Lipinski definition) is 4. The van der Waals surface area contributed by atoms with Crippen LogP contribution in [0.5, 0.6) is 0 Å². The molecule has 0 heterocycles. The Balaban J connectivity index is 2.70. The quantitative estimate of drug-likeness (QED) is 0.652. The molecule has 0 saturated heterocycles. The van der Waals surface area contributed by atoms with E-state index in [1.165, 1.54) is 6.07 Å². The molecule has 0 bridgehead atoms. The molecule has 0 unspecified atom stereocenters. The van der Waals surface area contributed by atoms with Crippen molar-refractivity contribution in [3.8, 4) is 0 Å². The second-order valence-electron chi connectivity index (χ2n) is 3.86. The van der Waals surface area contributed by atoms with E-state index in [4.69, 9.17) is 5.73 Å². The van der Waals surface area contributed by atoms with E-state index in [-0.39, 0.29) is 10.6 Å². The van der Waals surface area contributed by atoms with Crippen molar-refractivity contribution in [3.63, 3.8) is 0 Å². The van der Waals surface area contributed by atoms with Crippen LogP contribution in [-0.4, -0.2) is 27.4 Å². The number of benzene rings is 1. The molecule has 0 fully saturated rings. The molecule has 1 rings (SSSR count). The number of carbonyl (C=O) groups excluding carboxylic acids is 1. The highest BCUT2D eigenvalue weighted by molar-refractivity contribution is 7.89. The van der Waals surface area contributed by atoms with Gasteiger partial charge in [0.05, 0.1) is 17.1 Å². The summed E-state index contributed by atoms with van der Waals surface area (Å²) in [4.78, 5) is 11.0. The number of nitrogens with one attached hydrogen (secondary N) is 2. The van der Waals surface area contributed by atoms with Gasteiger partial charge >= 0.3 is 0 Å². The molecule has 0 aliphatic heterocycles. The van der Waals surface area contributed by atoms with Gasteiger partial charge in [0.15, 0.2) is 0 Å². The summed E-state index contributed by atoms with van der Waals surface area (Å²) >= 11 is 0. The maximum absolute atomic E-state index is 13.2. The highest BCUT2D eigenvalue weighted by Crippen LogP contribution is 2.15. The Bertz CT molecular complexity index is 560. The summed E-state index contributed by atoms with van der Waals surface area (Å²) in [6.45, 7) is 1.95. The van der Waals surface area contributed by atoms with Crippen LogP contribution in [-0.2, 0) is 14.8 Å². The van der Waals surface area contributed by atoms with Crippen LogP contribution in [0, 0.1) is 5.82 Å². The lowest BCUT2D eigenvalue weighted by Crippen LogP contribution is -2.37. The highest BCUT2D eigenvalue weighted by atomic mass is 32.2. The van der Waals surface area contributed by atoms with Crippen molar-refractivity contribution in [2.24, 2.45) is 0 Å². The number of nitrogens with two attached hydrogens (primary N) is 1. The molecular weight excluding hydrogens is 273 g/mol. The largest absolute Gasteiger partial charge is 0.396 e. The van der Waals surface area contributed by atoms with Crippen molar-refractivity contribution in [1.29, 1.82) is 0 Å². The number of carbonyl (C=O) groups is 1. The second kappa shape index (κ2) is 6.48. The van der Waals surface area contributed by atoms with E-state index < -0.39 is 28.3 Å². The molecule has 1 amide bonds. The fraction of sp³-hybridized carbons (Fsp3) is 0.364. The number of halogens is 1. The molecular formula is C11H16FN3O3S. The van der Waals surface area contributed by atoms with Crippen LogP contribution in [0.15, 0.2) is 23.1 Å². The van der Waals surface area contributed by atoms with Crippen molar-refractivity contribution in [3.05, 3.63) is 24.0 Å². The fourth-order valence-electron chi connectivity index (χ4n) is 1.25. The average molecular weight is 289 g/mol. The summed E-state index contributed by atoms with van der Waals surface area (Å²) in [5.41, 5.74) is 5.12. The average Bonchev–Trinajstić information content (AvgIpc) is 2.37. The summed E-state index contributed by atoms with van der Waals surface area (Å²) in [6, 6.07) is 3.13. The third-order valence-electron chi connectivity index (χ3n) is 2.28. The molecule has 0 aliphatic rings. The predicted molar refractivity (Wildman–Crippen MR) is 69.3 cm³/mol. The smallest absolute Gasteiger partial charge is 0.241 e. The van der Waals surface area contributed by atoms with E-state index in [0.29, 0.717) is 6.54 Å². The van der Waals surface area contributed by atoms with Gasteiger partial charge in [0.2, 0.25) is 15.9 Å². The Morgan fingerprint density at radius 2 is 2.11 bits per heavy atom. The van der Waals surface area contributed by atoms with Crippen LogP contribution in [0.1, 0.15) is 13.3 Å². The molecule has 1 aromatic carbocycles. The molecule has 0 radical (unpaired) electrons. The maximum atomic E-state index is 13.2. The van der Waals surface area contributed by atoms with Crippen LogP contribution in [0.25, 0.3) is 0 Å². The Kier molecular flexibility index (Phi) is 5.25. The number of hydrogen-bond donors (Lipinski definition) is 3. The van der Waals surface area contributed by atoms with E-state index in [1.807, 2.05) is 6.92 Å². The van der Waals surface area contributed by atoms with Gasteiger partial charge in [-0.15, -0.1) is 0 Å². The number of amides is 1. The molecule has 0 aromatic heterocycles. The second-order valence-corrected chi connectivity index (χ2v) is 5.62. The van der Waals surface area contributed by atoms with Gasteiger partial charge in [-0.3, -0.25) is 4.79 Å². The first kappa shape index (κ1) is 15.4. The molecule has 106 valence electrons. The lowest BCUT2D eigenvalue weighted by molar-refractivity contribution is -0.119. The standard InChI is InChI=1S/C11H16FN3O3S/c1-2-5-14-11(16)7-15-19(17,18)8-3-4-10(13)9(12)6-8/h3-4,6,15H,2,5,7,13H2,1H3,(H,14,16). The molecule has 0 atom stereocenters. The highest BCUT2D eigenvalue weighted by Gasteiger charge is 2.16. The molecule has 0 saturated carbocycles. The third kappa shape index (κ3) is 4.49. The topological polar surface area (TPSA) is 101 Å². The number of rotatable bonds is 6. The van der Waals surface area contributed by atoms with Crippen molar-refractivity contribution >= 4 is 21.6 Å². The molecule has 8 heteroatoms. The van der Waals surface area contributed by atoms with Crippen molar-refractivity contribution in [2.75, 3.05) is 18.8 Å². The van der Waals surface area contributed by atoms with E-state index in [9.17, 15) is 17.6 Å². The van der Waals surface area contributed by atoms with Crippen LogP contribution < -0.4 is 15.8 Å². The predicted octanol–water partition coefficient (Wildman–Crippen LogP) is 0.212. The first-order chi connectivity index (χ1) is 8.86. The first-order valence-corrected chi connectivity index (χ1v) is 7.16. The van der Waals surface area contributed by atoms with E-state index in [2.05, 4.69) is 10.0 Å². The zero-order chi connectivity index (χ0) is 14.5. The fourth-order valence-corrected chi connectivity index (χ4v) is 2.24. The third-order valence-corrected chi connectivity index (χ3v) is 3.68. The van der Waals surface area contributed by atoms with Crippen LogP contribution in [0.4, 0.5) is 10.1 Å². The van der Waals surface area contributed by atoms with Crippen molar-refractivity contribution in [1.82, 2.24) is 10.0 Å². The lowest BCUT2D eigenvalue weighted by Gasteiger charge is -2.08. The Labute approximate surface area is 111 Å². The molecule has 19 heavy (non-hydrogen) atoms. The summed E-state index contributed by atoms with van der Waals surface area (Å²) in [7, 11) is -3.93. The molecule has 6 nitrogen and oxygen atoms in total. The summed E-state index contributed by atoms with van der Waals surface area (Å²) in [5.74, 6) is -1.26. The summed E-state index contributed by atoms with van der Waals surface area (Å²) in [6.07, 6.45) is 0.752. The summed E-state index contributed by atoms with van der Waals surface area (Å²) < 4.78 is 38.8. The normalized spacial score (nSPS) is 11.3. The van der Waals surface area contributed by atoms with Gasteiger partial charge in [-0.25, -0.2) is 17.5 Å². The lowest BCUT2D eigenvalue weighted by atomic mass is 10.3. The van der Waals surface area contributed by atoms with E-state index in [1.54, 1.807) is 0 Å². The Hall–Kier alpha value is -1.67. The monoisotopic (exact) mass is 289 g/mol. The van der Waals surface area contributed by atoms with E-state index in [0.717, 1.165) is 18.6 Å². The maximum Gasteiger partial charge on any atom is 0.241 e. The van der Waals surface area contributed by atoms with Gasteiger partial charge in [-0.1, -0.05) is 6.92 Å². The minimum absolute atomic E-state index is 0.139. The number of anilines is 1. The summed E-state index contributed by atoms with van der Waals surface area (Å²) in [5, 5.41) is 2.52. The van der Waals surface area contributed by atoms with Gasteiger partial charge in [0.1, 0.15) is 5.82 Å². The van der Waals surface area contributed by atoms with Crippen LogP contribution >= 0.6 is 0 Å². The van der Waals surface area contributed by atoms with Crippen molar-refractivity contribution in [2.45, 2.75) is 18.2 Å². The Morgan fingerprint density at radius 3 is 2.68 bits per heavy atom. The molecule has 4 N–H and O–H groups in total. The minimum atomic E-state index is -3.93. The zero-order valence-electron chi connectivity index (χ0n) is 10.4. The van der Waals surface area contributed by atoms with Gasteiger partial charge in [-0.2, -0.15) is 0 Å². The van der Waals surface area contributed by atoms with Gasteiger partial charge in [-0.05, 0) is 24.6 Å². The zero-order valence-corrected chi connectivity index (χ0v) is 11.3. The van der Waals surface area contributed by atoms with Crippen LogP contribution in [0.2, 0.25) is 0 Å². The molecule has 0 aliphatic carbocycles. The van der Waals surface area contributed by atoms with Crippen molar-refractivity contribution < 1.29 is 17.6 Å². The SMILES string of the molecule is CCCNC(=O)CNS(=O)(=O)c1ccc(N)c(F)c1. The van der Waals surface area contributed by atoms with E-state index >= 15 is 0 Å². The molecule has 1 aromatic rings. The van der Waals surface area contributed by atoms with Gasteiger partial charge in [0.25, 0.3) is 0 Å². The van der Waals surface area contributed by atoms with Crippen LogP contribution in [0.3, 0.4) is 0 Å². The van der Waals surface area contributed by atoms with Gasteiger partial charge < -0.3 is 11.1 Å². The Morgan fingerprint density at radius 1 is 1.42 bits per heavy atom.